The zero-order valence-corrected chi connectivity index (χ0v) is 24.4. The van der Waals surface area contributed by atoms with Gasteiger partial charge in [0.2, 0.25) is 0 Å². The molecule has 6 aromatic rings. The van der Waals surface area contributed by atoms with E-state index in [1.165, 1.54) is 22.8 Å². The number of aromatic nitrogens is 6. The summed E-state index contributed by atoms with van der Waals surface area (Å²) < 4.78 is 42.2. The van der Waals surface area contributed by atoms with Gasteiger partial charge in [-0.2, -0.15) is 13.2 Å². The number of benzene rings is 3. The van der Waals surface area contributed by atoms with Gasteiger partial charge in [-0.25, -0.2) is 14.5 Å². The molecule has 0 bridgehead atoms. The number of anilines is 1. The van der Waals surface area contributed by atoms with Crippen molar-refractivity contribution in [1.29, 1.82) is 0 Å². The van der Waals surface area contributed by atoms with Gasteiger partial charge in [-0.15, -0.1) is 5.10 Å². The average molecular weight is 646 g/mol. The lowest BCUT2D eigenvalue weighted by Crippen LogP contribution is -2.27. The Morgan fingerprint density at radius 1 is 1.00 bits per heavy atom. The van der Waals surface area contributed by atoms with Crippen LogP contribution < -0.4 is 10.9 Å². The molecule has 3 heterocycles. The molecule has 232 valence electrons. The second kappa shape index (κ2) is 12.4. The van der Waals surface area contributed by atoms with E-state index in [4.69, 9.17) is 21.7 Å². The van der Waals surface area contributed by atoms with E-state index >= 15 is 0 Å². The van der Waals surface area contributed by atoms with Gasteiger partial charge in [-0.3, -0.25) is 10.1 Å². The van der Waals surface area contributed by atoms with Crippen molar-refractivity contribution in [1.82, 2.24) is 29.5 Å². The van der Waals surface area contributed by atoms with Crippen LogP contribution in [-0.4, -0.2) is 40.7 Å². The molecule has 0 aliphatic rings. The Morgan fingerprint density at radius 3 is 2.43 bits per heavy atom. The molecule has 3 N–H and O–H groups in total. The van der Waals surface area contributed by atoms with Crippen LogP contribution >= 0.6 is 11.6 Å². The van der Waals surface area contributed by atoms with Gasteiger partial charge < -0.3 is 14.7 Å². The van der Waals surface area contributed by atoms with Crippen LogP contribution in [0.2, 0.25) is 5.02 Å². The highest BCUT2D eigenvalue weighted by atomic mass is 35.5. The molecule has 0 unspecified atom stereocenters. The van der Waals surface area contributed by atoms with Gasteiger partial charge in [0.15, 0.2) is 5.69 Å². The van der Waals surface area contributed by atoms with Gasteiger partial charge in [-0.05, 0) is 47.5 Å². The summed E-state index contributed by atoms with van der Waals surface area (Å²) in [7, 11) is 0. The van der Waals surface area contributed by atoms with Crippen LogP contribution in [0.15, 0.2) is 108 Å². The minimum atomic E-state index is -4.67. The van der Waals surface area contributed by atoms with E-state index in [2.05, 4.69) is 20.6 Å². The summed E-state index contributed by atoms with van der Waals surface area (Å²) in [6.45, 7) is 0. The number of rotatable bonds is 8. The third-order valence-electron chi connectivity index (χ3n) is 7.20. The highest BCUT2D eigenvalue weighted by molar-refractivity contribution is 6.31. The molecule has 46 heavy (non-hydrogen) atoms. The van der Waals surface area contributed by atoms with Crippen molar-refractivity contribution in [2.24, 2.45) is 0 Å². The highest BCUT2D eigenvalue weighted by Crippen LogP contribution is 2.32. The largest absolute Gasteiger partial charge is 0.465 e. The molecule has 14 heteroatoms. The fourth-order valence-corrected chi connectivity index (χ4v) is 5.20. The number of hydrogen-bond donors (Lipinski definition) is 3. The first-order valence-corrected chi connectivity index (χ1v) is 14.1. The van der Waals surface area contributed by atoms with Gasteiger partial charge in [0, 0.05) is 46.7 Å². The number of nitrogens with one attached hydrogen (secondary N) is 2. The van der Waals surface area contributed by atoms with Crippen LogP contribution in [0.1, 0.15) is 23.1 Å². The van der Waals surface area contributed by atoms with Crippen molar-refractivity contribution in [2.45, 2.75) is 18.6 Å². The Bertz CT molecular complexity index is 2070. The maximum Gasteiger partial charge on any atom is 0.436 e. The lowest BCUT2D eigenvalue weighted by molar-refractivity contribution is -0.141. The molecule has 0 spiro atoms. The summed E-state index contributed by atoms with van der Waals surface area (Å²) in [6.07, 6.45) is -1.35. The molecule has 0 saturated heterocycles. The molecule has 0 radical (unpaired) electrons. The molecule has 3 aromatic carbocycles. The molecule has 0 fully saturated rings. The predicted molar refractivity (Wildman–Crippen MR) is 165 cm³/mol. The van der Waals surface area contributed by atoms with E-state index in [1.807, 2.05) is 30.3 Å². The van der Waals surface area contributed by atoms with Crippen LogP contribution in [0.25, 0.3) is 28.1 Å². The predicted octanol–water partition coefficient (Wildman–Crippen LogP) is 7.08. The Hall–Kier alpha value is -5.69. The molecule has 0 saturated carbocycles. The summed E-state index contributed by atoms with van der Waals surface area (Å²) >= 11 is 6.26. The van der Waals surface area contributed by atoms with E-state index in [-0.39, 0.29) is 11.2 Å². The summed E-state index contributed by atoms with van der Waals surface area (Å²) in [6, 6.07) is 23.3. The van der Waals surface area contributed by atoms with E-state index in [0.29, 0.717) is 39.8 Å². The molecule has 3 aromatic heterocycles. The van der Waals surface area contributed by atoms with Crippen LogP contribution in [0.3, 0.4) is 0 Å². The quantitative estimate of drug-likeness (QED) is 0.162. The number of hydrogen-bond acceptors (Lipinski definition) is 5. The second-order valence-electron chi connectivity index (χ2n) is 10.3. The molecule has 6 rings (SSSR count). The molecule has 1 atom stereocenters. The molecular weight excluding hydrogens is 623 g/mol. The lowest BCUT2D eigenvalue weighted by atomic mass is 10.0. The number of halogens is 4. The Balaban J connectivity index is 1.37. The normalized spacial score (nSPS) is 12.2. The fourth-order valence-electron chi connectivity index (χ4n) is 5.03. The number of alkyl halides is 3. The molecular formula is C32H23ClF3N7O3. The summed E-state index contributed by atoms with van der Waals surface area (Å²) in [5.41, 5.74) is 2.20. The number of aromatic amines is 1. The van der Waals surface area contributed by atoms with Gasteiger partial charge >= 0.3 is 12.3 Å². The smallest absolute Gasteiger partial charge is 0.436 e. The number of amides is 1. The number of pyridine rings is 1. The maximum absolute atomic E-state index is 13.7. The van der Waals surface area contributed by atoms with Crippen LogP contribution in [0.5, 0.6) is 0 Å². The minimum Gasteiger partial charge on any atom is -0.465 e. The zero-order valence-electron chi connectivity index (χ0n) is 23.6. The third kappa shape index (κ3) is 6.54. The third-order valence-corrected chi connectivity index (χ3v) is 7.44. The molecule has 0 aliphatic carbocycles. The monoisotopic (exact) mass is 645 g/mol. The number of carboxylic acid groups (broad SMARTS) is 1. The second-order valence-corrected chi connectivity index (χ2v) is 10.7. The van der Waals surface area contributed by atoms with E-state index in [9.17, 15) is 22.8 Å². The first-order valence-electron chi connectivity index (χ1n) is 13.8. The van der Waals surface area contributed by atoms with Gasteiger partial charge in [-0.1, -0.05) is 59.3 Å². The number of imidazole rings is 1. The van der Waals surface area contributed by atoms with Crippen molar-refractivity contribution in [2.75, 3.05) is 5.32 Å². The Morgan fingerprint density at radius 2 is 1.76 bits per heavy atom. The number of H-pyrrole nitrogens is 1. The standard InChI is InChI=1S/C32H23ClF3N7O3/c33-22-8-11-26(43-18-28(40-41-43)32(34,35)36)24(16-22)21-12-13-42(29(44)15-21)27(14-19-4-2-1-3-5-19)30-37-17-25(39-30)20-6-9-23(10-7-20)38-31(45)46/h1-13,15-18,27,38H,14H2,(H,37,39)(H,45,46)/t27-/m0/s1. The van der Waals surface area contributed by atoms with Crippen molar-refractivity contribution in [3.05, 3.63) is 136 Å². The van der Waals surface area contributed by atoms with Crippen LogP contribution in [-0.2, 0) is 12.6 Å². The van der Waals surface area contributed by atoms with Crippen molar-refractivity contribution in [3.8, 4) is 28.1 Å². The highest BCUT2D eigenvalue weighted by Gasteiger charge is 2.34. The lowest BCUT2D eigenvalue weighted by Gasteiger charge is -2.19. The Kier molecular flexibility index (Phi) is 8.16. The average Bonchev–Trinajstić information content (AvgIpc) is 3.72. The topological polar surface area (TPSA) is 131 Å². The van der Waals surface area contributed by atoms with Gasteiger partial charge in [0.25, 0.3) is 5.56 Å². The van der Waals surface area contributed by atoms with E-state index in [0.717, 1.165) is 22.0 Å². The van der Waals surface area contributed by atoms with Gasteiger partial charge in [0.1, 0.15) is 5.82 Å². The molecule has 10 nitrogen and oxygen atoms in total. The van der Waals surface area contributed by atoms with Crippen molar-refractivity contribution in [3.63, 3.8) is 0 Å². The van der Waals surface area contributed by atoms with E-state index in [1.54, 1.807) is 48.8 Å². The van der Waals surface area contributed by atoms with Gasteiger partial charge in [0.05, 0.1) is 23.6 Å². The zero-order chi connectivity index (χ0) is 32.4. The van der Waals surface area contributed by atoms with Crippen molar-refractivity contribution >= 4 is 23.4 Å². The molecule has 1 amide bonds. The minimum absolute atomic E-state index is 0.255. The first kappa shape index (κ1) is 30.3. The molecule has 0 aliphatic heterocycles. The fraction of sp³-hybridized carbons (Fsp3) is 0.0938. The first-order chi connectivity index (χ1) is 22.0. The Labute approximate surface area is 263 Å². The number of nitrogens with zero attached hydrogens (tertiary/aromatic N) is 5. The summed E-state index contributed by atoms with van der Waals surface area (Å²) in [4.78, 5) is 32.6. The SMILES string of the molecule is O=C(O)Nc1ccc(-c2c[nH]c([C@H](Cc3ccccc3)n3ccc(-c4cc(Cl)ccc4-n4cc(C(F)(F)F)nn4)cc3=O)n2)cc1. The summed E-state index contributed by atoms with van der Waals surface area (Å²) in [5.74, 6) is 0.507. The van der Waals surface area contributed by atoms with Crippen LogP contribution in [0.4, 0.5) is 23.7 Å². The number of carbonyl (C=O) groups is 1. The van der Waals surface area contributed by atoms with Crippen molar-refractivity contribution < 1.29 is 23.1 Å². The van der Waals surface area contributed by atoms with E-state index < -0.39 is 24.0 Å². The van der Waals surface area contributed by atoms with Crippen LogP contribution in [0, 0.1) is 0 Å². The summed E-state index contributed by atoms with van der Waals surface area (Å²) in [5, 5.41) is 18.4. The maximum atomic E-state index is 13.7.